The molecule has 0 aliphatic heterocycles. The van der Waals surface area contributed by atoms with E-state index in [-0.39, 0.29) is 23.5 Å². The van der Waals surface area contributed by atoms with Gasteiger partial charge in [-0.15, -0.1) is 0 Å². The van der Waals surface area contributed by atoms with Crippen LogP contribution in [0.25, 0.3) is 0 Å². The molecule has 1 aromatic carbocycles. The van der Waals surface area contributed by atoms with Crippen molar-refractivity contribution in [2.24, 2.45) is 0 Å². The standard InChI is InChI=1S/C6H6.5FH.HNO2S/c1-2-4-6-5-3-1;;;;;;1-4(2)3/h1-6H;5*1H;1H. The van der Waals surface area contributed by atoms with Gasteiger partial charge in [0, 0.05) is 0 Å². The lowest BCUT2D eigenvalue weighted by Crippen LogP contribution is -1.47. The molecule has 0 saturated heterocycles. The Hall–Kier alpha value is -1.51. The maximum atomic E-state index is 8.67. The van der Waals surface area contributed by atoms with Gasteiger partial charge >= 0.3 is 10.5 Å². The average Bonchev–Trinajstić information content (AvgIpc) is 1.90. The van der Waals surface area contributed by atoms with Crippen LogP contribution in [0, 0.1) is 4.78 Å². The van der Waals surface area contributed by atoms with Crippen molar-refractivity contribution in [3.8, 4) is 0 Å². The lowest BCUT2D eigenvalue weighted by molar-refractivity contribution is 0.620. The van der Waals surface area contributed by atoms with E-state index >= 15 is 0 Å². The molecule has 1 aromatic rings. The van der Waals surface area contributed by atoms with Gasteiger partial charge in [0.15, 0.2) is 0 Å². The van der Waals surface area contributed by atoms with Gasteiger partial charge in [-0.25, -0.2) is 0 Å². The van der Waals surface area contributed by atoms with Crippen molar-refractivity contribution in [1.29, 1.82) is 4.78 Å². The second-order valence-corrected chi connectivity index (χ2v) is 1.86. The van der Waals surface area contributed by atoms with Crippen molar-refractivity contribution in [3.05, 3.63) is 36.4 Å². The predicted octanol–water partition coefficient (Wildman–Crippen LogP) is 2.08. The van der Waals surface area contributed by atoms with Crippen molar-refractivity contribution in [1.82, 2.24) is 0 Å². The quantitative estimate of drug-likeness (QED) is 0.723. The van der Waals surface area contributed by atoms with Gasteiger partial charge in [0.1, 0.15) is 0 Å². The van der Waals surface area contributed by atoms with Gasteiger partial charge in [-0.3, -0.25) is 23.5 Å². The fraction of sp³-hybridized carbons (Fsp3) is 0. The van der Waals surface area contributed by atoms with Crippen LogP contribution in [0.2, 0.25) is 0 Å². The Morgan fingerprint density at radius 2 is 0.667 bits per heavy atom. The predicted molar refractivity (Wildman–Crippen MR) is 50.6 cm³/mol. The fourth-order valence-corrected chi connectivity index (χ4v) is 0.385. The molecule has 0 radical (unpaired) electrons. The minimum Gasteiger partial charge on any atom is -0.269 e. The molecule has 94 valence electrons. The third-order valence-corrected chi connectivity index (χ3v) is 0.667. The first kappa shape index (κ1) is 37.5. The summed E-state index contributed by atoms with van der Waals surface area (Å²) >= 11 is 0. The van der Waals surface area contributed by atoms with E-state index < -0.39 is 10.5 Å². The smallest absolute Gasteiger partial charge is 0.269 e. The van der Waals surface area contributed by atoms with E-state index in [1.165, 1.54) is 0 Å². The number of rotatable bonds is 0. The first-order valence-corrected chi connectivity index (χ1v) is 3.61. The van der Waals surface area contributed by atoms with E-state index in [9.17, 15) is 0 Å². The molecule has 15 heavy (non-hydrogen) atoms. The van der Waals surface area contributed by atoms with Gasteiger partial charge in [0.05, 0.1) is 0 Å². The maximum Gasteiger partial charge on any atom is 0.308 e. The molecule has 1 rings (SSSR count). The molecule has 0 heterocycles. The summed E-state index contributed by atoms with van der Waals surface area (Å²) in [5.74, 6) is 0. The highest BCUT2D eigenvalue weighted by Gasteiger charge is 1.57. The molecule has 0 aliphatic rings. The van der Waals surface area contributed by atoms with Crippen LogP contribution in [0.1, 0.15) is 0 Å². The summed E-state index contributed by atoms with van der Waals surface area (Å²) in [7, 11) is -2.61. The van der Waals surface area contributed by atoms with Crippen LogP contribution in [0.15, 0.2) is 36.4 Å². The summed E-state index contributed by atoms with van der Waals surface area (Å²) in [6.07, 6.45) is 0. The van der Waals surface area contributed by atoms with Gasteiger partial charge in [0.25, 0.3) is 0 Å². The van der Waals surface area contributed by atoms with Gasteiger partial charge in [-0.2, -0.15) is 13.2 Å². The van der Waals surface area contributed by atoms with Crippen molar-refractivity contribution < 1.29 is 31.9 Å². The Morgan fingerprint density at radius 1 is 0.600 bits per heavy atom. The van der Waals surface area contributed by atoms with Crippen LogP contribution in [-0.4, -0.2) is 8.42 Å². The normalized spacial score (nSPS) is 4.80. The van der Waals surface area contributed by atoms with E-state index in [0.29, 0.717) is 0 Å². The van der Waals surface area contributed by atoms with Gasteiger partial charge in [-0.05, 0) is 0 Å². The van der Waals surface area contributed by atoms with Gasteiger partial charge in [0.2, 0.25) is 0 Å². The molecule has 1 N–H and O–H groups in total. The number of hydrogen-bond acceptors (Lipinski definition) is 3. The Balaban J connectivity index is -0.0000000211. The molecule has 0 fully saturated rings. The number of nitrogens with one attached hydrogen (secondary N) is 1. The third-order valence-electron chi connectivity index (χ3n) is 0.667. The summed E-state index contributed by atoms with van der Waals surface area (Å²) in [6.45, 7) is 0. The Kier molecular flexibility index (Phi) is 73.5. The maximum absolute atomic E-state index is 8.67. The van der Waals surface area contributed by atoms with E-state index in [1.807, 2.05) is 36.4 Å². The summed E-state index contributed by atoms with van der Waals surface area (Å²) in [5, 5.41) is 0. The van der Waals surface area contributed by atoms with Crippen molar-refractivity contribution >= 4 is 10.5 Å². The fourth-order valence-electron chi connectivity index (χ4n) is 0.385. The van der Waals surface area contributed by atoms with Crippen molar-refractivity contribution in [3.63, 3.8) is 0 Å². The van der Waals surface area contributed by atoms with Crippen molar-refractivity contribution in [2.75, 3.05) is 0 Å². The van der Waals surface area contributed by atoms with Crippen LogP contribution in [0.4, 0.5) is 23.5 Å². The SMILES string of the molecule is F.F.F.F.F.N=S(=O)=O.c1ccccc1. The van der Waals surface area contributed by atoms with E-state index in [4.69, 9.17) is 13.2 Å². The summed E-state index contributed by atoms with van der Waals surface area (Å²) in [5.41, 5.74) is 0. The molecule has 0 saturated carbocycles. The minimum atomic E-state index is -2.61. The highest BCUT2D eigenvalue weighted by atomic mass is 32.2. The van der Waals surface area contributed by atoms with Crippen molar-refractivity contribution in [2.45, 2.75) is 0 Å². The molecule has 3 nitrogen and oxygen atoms in total. The van der Waals surface area contributed by atoms with Crippen LogP contribution < -0.4 is 0 Å². The minimum absolute atomic E-state index is 0. The highest BCUT2D eigenvalue weighted by Crippen LogP contribution is 1.79. The monoisotopic (exact) mass is 257 g/mol. The Bertz CT molecular complexity index is 232. The molecule has 0 spiro atoms. The first-order chi connectivity index (χ1) is 4.73. The molecule has 0 unspecified atom stereocenters. The second kappa shape index (κ2) is 29.4. The van der Waals surface area contributed by atoms with E-state index in [2.05, 4.69) is 0 Å². The second-order valence-electron chi connectivity index (χ2n) is 1.39. The van der Waals surface area contributed by atoms with Crippen LogP contribution in [0.3, 0.4) is 0 Å². The van der Waals surface area contributed by atoms with E-state index in [1.54, 1.807) is 0 Å². The molecular formula is C6H12F5NO2S. The largest absolute Gasteiger partial charge is 0.308 e. The van der Waals surface area contributed by atoms with Crippen LogP contribution >= 0.6 is 0 Å². The zero-order chi connectivity index (χ0) is 7.82. The Morgan fingerprint density at radius 3 is 0.733 bits per heavy atom. The molecule has 0 bridgehead atoms. The van der Waals surface area contributed by atoms with E-state index in [0.717, 1.165) is 0 Å². The summed E-state index contributed by atoms with van der Waals surface area (Å²) in [6, 6.07) is 12.0. The number of halogens is 5. The molecule has 0 aliphatic carbocycles. The lowest BCUT2D eigenvalue weighted by Gasteiger charge is -1.69. The van der Waals surface area contributed by atoms with Gasteiger partial charge in [-0.1, -0.05) is 36.4 Å². The number of hydrogen-bond donors (Lipinski definition) is 1. The molecular weight excluding hydrogens is 245 g/mol. The third kappa shape index (κ3) is 68.2. The molecule has 0 amide bonds. The first-order valence-electron chi connectivity index (χ1n) is 2.54. The summed E-state index contributed by atoms with van der Waals surface area (Å²) < 4.78 is 22.8. The highest BCUT2D eigenvalue weighted by molar-refractivity contribution is 7.60. The average molecular weight is 257 g/mol. The molecule has 0 aromatic heterocycles. The Labute approximate surface area is 84.5 Å². The lowest BCUT2D eigenvalue weighted by atomic mass is 10.4. The zero-order valence-corrected chi connectivity index (χ0v) is 8.05. The van der Waals surface area contributed by atoms with Crippen LogP contribution in [0.5, 0.6) is 0 Å². The van der Waals surface area contributed by atoms with Gasteiger partial charge < -0.3 is 0 Å². The summed E-state index contributed by atoms with van der Waals surface area (Å²) in [4.78, 5) is 0. The van der Waals surface area contributed by atoms with Crippen LogP contribution in [-0.2, 0) is 10.5 Å². The molecule has 9 heteroatoms. The topological polar surface area (TPSA) is 58.0 Å². The molecule has 0 atom stereocenters. The zero-order valence-electron chi connectivity index (χ0n) is 7.23. The number of benzene rings is 1.